The van der Waals surface area contributed by atoms with Crippen LogP contribution in [0.1, 0.15) is 44.5 Å². The first kappa shape index (κ1) is 14.2. The Morgan fingerprint density at radius 1 is 1.21 bits per heavy atom. The first-order valence-corrected chi connectivity index (χ1v) is 6.78. The zero-order chi connectivity index (χ0) is 14.3. The standard InChI is InChI=1S/C16H22NO2/c1-15(2)11-17(19)16(3,4)10-13(15)14(18)12-8-6-5-7-9-12/h5-9,13H,10-11H2,1-4H3/q-1. The smallest absolute Gasteiger partial charge is 0.166 e. The first-order valence-electron chi connectivity index (χ1n) is 6.78. The minimum absolute atomic E-state index is 0.102. The van der Waals surface area contributed by atoms with Crippen molar-refractivity contribution in [1.82, 2.24) is 5.06 Å². The van der Waals surface area contributed by atoms with Crippen LogP contribution in [0.5, 0.6) is 0 Å². The Labute approximate surface area is 115 Å². The van der Waals surface area contributed by atoms with Crippen molar-refractivity contribution in [2.24, 2.45) is 11.3 Å². The number of hydrogen-bond acceptors (Lipinski definition) is 3. The minimum Gasteiger partial charge on any atom is -0.785 e. The third-order valence-corrected chi connectivity index (χ3v) is 4.25. The second-order valence-electron chi connectivity index (χ2n) is 6.82. The first-order chi connectivity index (χ1) is 8.74. The lowest BCUT2D eigenvalue weighted by Gasteiger charge is -2.56. The maximum absolute atomic E-state index is 12.7. The van der Waals surface area contributed by atoms with Crippen LogP contribution < -0.4 is 0 Å². The highest BCUT2D eigenvalue weighted by atomic mass is 16.5. The minimum atomic E-state index is -0.468. The molecule has 0 aromatic heterocycles. The number of hydrogen-bond donors (Lipinski definition) is 0. The second kappa shape index (κ2) is 4.73. The van der Waals surface area contributed by atoms with Gasteiger partial charge in [0.25, 0.3) is 0 Å². The van der Waals surface area contributed by atoms with Gasteiger partial charge in [-0.3, -0.25) is 4.79 Å². The Morgan fingerprint density at radius 2 is 1.79 bits per heavy atom. The fourth-order valence-electron chi connectivity index (χ4n) is 2.82. The van der Waals surface area contributed by atoms with E-state index in [1.807, 2.05) is 58.0 Å². The van der Waals surface area contributed by atoms with Gasteiger partial charge in [-0.25, -0.2) is 0 Å². The number of carbonyl (C=O) groups excluding carboxylic acids is 1. The van der Waals surface area contributed by atoms with E-state index in [9.17, 15) is 10.0 Å². The van der Waals surface area contributed by atoms with Crippen LogP contribution in [0.2, 0.25) is 0 Å². The largest absolute Gasteiger partial charge is 0.785 e. The van der Waals surface area contributed by atoms with Gasteiger partial charge in [-0.1, -0.05) is 44.2 Å². The van der Waals surface area contributed by atoms with Crippen molar-refractivity contribution in [3.05, 3.63) is 41.1 Å². The van der Waals surface area contributed by atoms with Crippen molar-refractivity contribution in [3.8, 4) is 0 Å². The summed E-state index contributed by atoms with van der Waals surface area (Å²) in [5.41, 5.74) is -0.00910. The molecule has 3 nitrogen and oxygen atoms in total. The van der Waals surface area contributed by atoms with Crippen LogP contribution in [0.25, 0.3) is 0 Å². The molecule has 1 aromatic rings. The van der Waals surface area contributed by atoms with Crippen molar-refractivity contribution in [2.45, 2.75) is 39.7 Å². The van der Waals surface area contributed by atoms with E-state index in [1.165, 1.54) is 0 Å². The predicted octanol–water partition coefficient (Wildman–Crippen LogP) is 3.49. The lowest BCUT2D eigenvalue weighted by atomic mass is 9.66. The summed E-state index contributed by atoms with van der Waals surface area (Å²) in [5.74, 6) is 0.0573. The monoisotopic (exact) mass is 260 g/mol. The summed E-state index contributed by atoms with van der Waals surface area (Å²) >= 11 is 0. The Morgan fingerprint density at radius 3 is 2.37 bits per heavy atom. The topological polar surface area (TPSA) is 43.4 Å². The average Bonchev–Trinajstić information content (AvgIpc) is 2.34. The summed E-state index contributed by atoms with van der Waals surface area (Å²) in [7, 11) is 0. The molecule has 1 saturated heterocycles. The lowest BCUT2D eigenvalue weighted by Crippen LogP contribution is -2.56. The van der Waals surface area contributed by atoms with Gasteiger partial charge in [0.1, 0.15) is 0 Å². The number of Topliss-reactive ketones (excluding diaryl/α,β-unsaturated/α-hetero) is 1. The van der Waals surface area contributed by atoms with Gasteiger partial charge in [-0.15, -0.1) is 0 Å². The van der Waals surface area contributed by atoms with Crippen molar-refractivity contribution in [2.75, 3.05) is 6.54 Å². The molecular weight excluding hydrogens is 238 g/mol. The number of benzene rings is 1. The fourth-order valence-corrected chi connectivity index (χ4v) is 2.82. The highest BCUT2D eigenvalue weighted by molar-refractivity contribution is 5.98. The number of nitrogens with zero attached hydrogens (tertiary/aromatic N) is 1. The van der Waals surface area contributed by atoms with Gasteiger partial charge < -0.3 is 10.3 Å². The number of hydroxylamine groups is 2. The molecule has 0 N–H and O–H groups in total. The second-order valence-corrected chi connectivity index (χ2v) is 6.82. The number of rotatable bonds is 2. The molecule has 0 aliphatic carbocycles. The van der Waals surface area contributed by atoms with Crippen LogP contribution in [-0.2, 0) is 0 Å². The summed E-state index contributed by atoms with van der Waals surface area (Å²) in [4.78, 5) is 12.7. The third-order valence-electron chi connectivity index (χ3n) is 4.25. The summed E-state index contributed by atoms with van der Waals surface area (Å²) in [6.07, 6.45) is 0.608. The highest BCUT2D eigenvalue weighted by Gasteiger charge is 2.44. The molecular formula is C16H22NO2-. The van der Waals surface area contributed by atoms with E-state index in [1.54, 1.807) is 0 Å². The van der Waals surface area contributed by atoms with Gasteiger partial charge in [0.15, 0.2) is 5.78 Å². The molecule has 0 spiro atoms. The van der Waals surface area contributed by atoms with Crippen molar-refractivity contribution < 1.29 is 4.79 Å². The maximum atomic E-state index is 12.7. The third kappa shape index (κ3) is 2.72. The Bertz CT molecular complexity index is 465. The van der Waals surface area contributed by atoms with E-state index < -0.39 is 5.54 Å². The van der Waals surface area contributed by atoms with Gasteiger partial charge in [-0.05, 0) is 32.2 Å². The predicted molar refractivity (Wildman–Crippen MR) is 76.8 cm³/mol. The summed E-state index contributed by atoms with van der Waals surface area (Å²) < 4.78 is 0. The molecule has 1 aliphatic rings. The van der Waals surface area contributed by atoms with Gasteiger partial charge in [0, 0.05) is 17.0 Å². The molecule has 1 unspecified atom stereocenters. The average molecular weight is 260 g/mol. The molecule has 3 heteroatoms. The van der Waals surface area contributed by atoms with Crippen LogP contribution in [0.4, 0.5) is 0 Å². The van der Waals surface area contributed by atoms with Gasteiger partial charge in [0.05, 0.1) is 0 Å². The van der Waals surface area contributed by atoms with E-state index in [-0.39, 0.29) is 17.1 Å². The van der Waals surface area contributed by atoms with E-state index in [0.29, 0.717) is 13.0 Å². The number of ketones is 1. The van der Waals surface area contributed by atoms with Crippen LogP contribution in [0.15, 0.2) is 30.3 Å². The molecule has 1 aliphatic heterocycles. The summed E-state index contributed by atoms with van der Waals surface area (Å²) in [6.45, 7) is 8.27. The Balaban J connectivity index is 2.30. The van der Waals surface area contributed by atoms with Crippen LogP contribution in [0.3, 0.4) is 0 Å². The quantitative estimate of drug-likeness (QED) is 0.764. The summed E-state index contributed by atoms with van der Waals surface area (Å²) in [5, 5.41) is 13.2. The molecule has 0 bridgehead atoms. The molecule has 0 saturated carbocycles. The molecule has 19 heavy (non-hydrogen) atoms. The van der Waals surface area contributed by atoms with Gasteiger partial charge >= 0.3 is 0 Å². The van der Waals surface area contributed by atoms with Crippen molar-refractivity contribution >= 4 is 5.78 Å². The van der Waals surface area contributed by atoms with Gasteiger partial charge in [-0.2, -0.15) is 0 Å². The zero-order valence-electron chi connectivity index (χ0n) is 12.1. The van der Waals surface area contributed by atoms with E-state index in [2.05, 4.69) is 0 Å². The lowest BCUT2D eigenvalue weighted by molar-refractivity contribution is 0.00356. The molecule has 1 atom stereocenters. The SMILES string of the molecule is CC1(C)CN([O-])C(C)(C)CC1C(=O)c1ccccc1. The van der Waals surface area contributed by atoms with Crippen LogP contribution >= 0.6 is 0 Å². The zero-order valence-corrected chi connectivity index (χ0v) is 12.1. The maximum Gasteiger partial charge on any atom is 0.166 e. The Kier molecular flexibility index (Phi) is 3.54. The van der Waals surface area contributed by atoms with E-state index in [4.69, 9.17) is 0 Å². The molecule has 104 valence electrons. The molecule has 1 fully saturated rings. The normalized spacial score (nSPS) is 26.1. The number of carbonyl (C=O) groups is 1. The molecule has 2 rings (SSSR count). The molecule has 1 aromatic carbocycles. The van der Waals surface area contributed by atoms with Crippen LogP contribution in [-0.4, -0.2) is 22.9 Å². The van der Waals surface area contributed by atoms with Crippen molar-refractivity contribution in [1.29, 1.82) is 0 Å². The molecule has 0 radical (unpaired) electrons. The summed E-state index contributed by atoms with van der Waals surface area (Å²) in [6, 6.07) is 9.39. The Hall–Kier alpha value is -1.19. The highest BCUT2D eigenvalue weighted by Crippen LogP contribution is 2.43. The van der Waals surface area contributed by atoms with E-state index in [0.717, 1.165) is 10.6 Å². The van der Waals surface area contributed by atoms with Crippen LogP contribution in [0, 0.1) is 16.5 Å². The van der Waals surface area contributed by atoms with E-state index >= 15 is 0 Å². The van der Waals surface area contributed by atoms with Crippen molar-refractivity contribution in [3.63, 3.8) is 0 Å². The van der Waals surface area contributed by atoms with Gasteiger partial charge in [0.2, 0.25) is 0 Å². The fraction of sp³-hybridized carbons (Fsp3) is 0.562. The molecule has 1 heterocycles. The molecule has 0 amide bonds. The number of piperidine rings is 1.